The van der Waals surface area contributed by atoms with Crippen molar-refractivity contribution in [3.05, 3.63) is 77.0 Å². The molecular weight excluding hydrogens is 332 g/mol. The number of benzene rings is 2. The lowest BCUT2D eigenvalue weighted by molar-refractivity contribution is 0.816. The minimum atomic E-state index is 0.0692. The summed E-state index contributed by atoms with van der Waals surface area (Å²) in [6.45, 7) is 4.06. The van der Waals surface area contributed by atoms with Gasteiger partial charge >= 0.3 is 0 Å². The van der Waals surface area contributed by atoms with Crippen LogP contribution in [0.3, 0.4) is 0 Å². The molecule has 2 aromatic carbocycles. The Bertz CT molecular complexity index is 1110. The Morgan fingerprint density at radius 1 is 0.926 bits per heavy atom. The van der Waals surface area contributed by atoms with Gasteiger partial charge in [-0.3, -0.25) is 4.98 Å². The molecule has 27 heavy (non-hydrogen) atoms. The Morgan fingerprint density at radius 3 is 2.41 bits per heavy atom. The largest absolute Gasteiger partial charge is 0.382 e. The van der Waals surface area contributed by atoms with Crippen molar-refractivity contribution in [3.8, 4) is 0 Å². The van der Waals surface area contributed by atoms with E-state index < -0.39 is 0 Å². The second kappa shape index (κ2) is 6.97. The minimum Gasteiger partial charge on any atom is -0.382 e. The van der Waals surface area contributed by atoms with Gasteiger partial charge in [-0.05, 0) is 61.1 Å². The lowest BCUT2D eigenvalue weighted by atomic mass is 10.0. The van der Waals surface area contributed by atoms with Crippen molar-refractivity contribution >= 4 is 27.6 Å². The Balaban J connectivity index is 1.65. The van der Waals surface area contributed by atoms with Crippen molar-refractivity contribution in [2.24, 2.45) is 5.73 Å². The van der Waals surface area contributed by atoms with Crippen LogP contribution >= 0.6 is 0 Å². The molecule has 4 heteroatoms. The van der Waals surface area contributed by atoms with Gasteiger partial charge in [-0.1, -0.05) is 36.4 Å². The van der Waals surface area contributed by atoms with Gasteiger partial charge in [-0.2, -0.15) is 0 Å². The van der Waals surface area contributed by atoms with Crippen molar-refractivity contribution in [1.82, 2.24) is 9.97 Å². The zero-order valence-electron chi connectivity index (χ0n) is 15.7. The highest BCUT2D eigenvalue weighted by Gasteiger charge is 2.09. The maximum absolute atomic E-state index is 6.14. The van der Waals surface area contributed by atoms with E-state index in [9.17, 15) is 0 Å². The van der Waals surface area contributed by atoms with Crippen LogP contribution in [0.1, 0.15) is 35.2 Å². The van der Waals surface area contributed by atoms with Gasteiger partial charge in [0.25, 0.3) is 0 Å². The molecule has 1 atom stereocenters. The maximum atomic E-state index is 6.14. The molecule has 0 fully saturated rings. The van der Waals surface area contributed by atoms with Crippen molar-refractivity contribution in [2.45, 2.75) is 32.7 Å². The lowest BCUT2D eigenvalue weighted by Gasteiger charge is -2.10. The number of rotatable bonds is 4. The Morgan fingerprint density at radius 2 is 1.67 bits per heavy atom. The summed E-state index contributed by atoms with van der Waals surface area (Å²) in [6.07, 6.45) is 3.80. The SMILES string of the molecule is Cc1ccc2c(c1)nc(N)c1ncc(CCc3ccc(C(C)N)cc3)cc12. The van der Waals surface area contributed by atoms with Crippen LogP contribution in [0, 0.1) is 6.92 Å². The van der Waals surface area contributed by atoms with E-state index in [1.54, 1.807) is 0 Å². The van der Waals surface area contributed by atoms with E-state index in [1.807, 2.05) is 13.1 Å². The number of anilines is 1. The van der Waals surface area contributed by atoms with Crippen LogP contribution in [-0.2, 0) is 12.8 Å². The normalized spacial score (nSPS) is 12.6. The summed E-state index contributed by atoms with van der Waals surface area (Å²) >= 11 is 0. The highest BCUT2D eigenvalue weighted by Crippen LogP contribution is 2.28. The number of fused-ring (bicyclic) bond motifs is 3. The first-order chi connectivity index (χ1) is 13.0. The fourth-order valence-electron chi connectivity index (χ4n) is 3.48. The van der Waals surface area contributed by atoms with Crippen molar-refractivity contribution in [1.29, 1.82) is 0 Å². The molecule has 0 spiro atoms. The monoisotopic (exact) mass is 356 g/mol. The zero-order chi connectivity index (χ0) is 19.0. The average molecular weight is 356 g/mol. The maximum Gasteiger partial charge on any atom is 0.150 e. The van der Waals surface area contributed by atoms with Crippen LogP contribution in [0.2, 0.25) is 0 Å². The molecule has 0 amide bonds. The predicted molar refractivity (Wildman–Crippen MR) is 113 cm³/mol. The van der Waals surface area contributed by atoms with E-state index in [4.69, 9.17) is 11.5 Å². The Hall–Kier alpha value is -2.98. The van der Waals surface area contributed by atoms with Gasteiger partial charge < -0.3 is 11.5 Å². The van der Waals surface area contributed by atoms with Gasteiger partial charge in [0.05, 0.1) is 5.52 Å². The molecule has 2 heterocycles. The van der Waals surface area contributed by atoms with E-state index in [0.29, 0.717) is 5.82 Å². The number of aromatic nitrogens is 2. The molecule has 0 radical (unpaired) electrons. The number of hydrogen-bond donors (Lipinski definition) is 2. The van der Waals surface area contributed by atoms with Crippen molar-refractivity contribution < 1.29 is 0 Å². The third-order valence-corrected chi connectivity index (χ3v) is 5.08. The lowest BCUT2D eigenvalue weighted by Crippen LogP contribution is -2.04. The first kappa shape index (κ1) is 17.4. The minimum absolute atomic E-state index is 0.0692. The van der Waals surface area contributed by atoms with Crippen LogP contribution in [0.5, 0.6) is 0 Å². The molecule has 0 aliphatic carbocycles. The number of nitrogens with two attached hydrogens (primary N) is 2. The second-order valence-electron chi connectivity index (χ2n) is 7.29. The molecule has 0 saturated carbocycles. The summed E-state index contributed by atoms with van der Waals surface area (Å²) in [4.78, 5) is 9.11. The van der Waals surface area contributed by atoms with E-state index in [0.717, 1.165) is 40.2 Å². The quantitative estimate of drug-likeness (QED) is 0.529. The molecule has 4 rings (SSSR count). The van der Waals surface area contributed by atoms with E-state index in [2.05, 4.69) is 65.4 Å². The number of nitrogen functional groups attached to an aromatic ring is 1. The van der Waals surface area contributed by atoms with Gasteiger partial charge in [0, 0.05) is 23.0 Å². The molecule has 0 aliphatic heterocycles. The van der Waals surface area contributed by atoms with Gasteiger partial charge in [0.15, 0.2) is 5.82 Å². The molecule has 2 aromatic heterocycles. The molecule has 0 aliphatic rings. The third-order valence-electron chi connectivity index (χ3n) is 5.08. The topological polar surface area (TPSA) is 77.8 Å². The fraction of sp³-hybridized carbons (Fsp3) is 0.217. The van der Waals surface area contributed by atoms with E-state index in [-0.39, 0.29) is 6.04 Å². The number of hydrogen-bond acceptors (Lipinski definition) is 4. The van der Waals surface area contributed by atoms with Gasteiger partial charge in [-0.15, -0.1) is 0 Å². The molecule has 0 saturated heterocycles. The molecule has 4 aromatic rings. The number of pyridine rings is 2. The molecular formula is C23H24N4. The summed E-state index contributed by atoms with van der Waals surface area (Å²) in [5.74, 6) is 0.487. The summed E-state index contributed by atoms with van der Waals surface area (Å²) in [5, 5.41) is 2.17. The smallest absolute Gasteiger partial charge is 0.150 e. The van der Waals surface area contributed by atoms with Crippen LogP contribution in [0.4, 0.5) is 5.82 Å². The third kappa shape index (κ3) is 3.49. The van der Waals surface area contributed by atoms with Gasteiger partial charge in [0.1, 0.15) is 5.52 Å². The van der Waals surface area contributed by atoms with Crippen molar-refractivity contribution in [2.75, 3.05) is 5.73 Å². The van der Waals surface area contributed by atoms with E-state index in [1.165, 1.54) is 16.7 Å². The summed E-state index contributed by atoms with van der Waals surface area (Å²) in [6, 6.07) is 17.1. The van der Waals surface area contributed by atoms with Crippen molar-refractivity contribution in [3.63, 3.8) is 0 Å². The molecule has 4 nitrogen and oxygen atoms in total. The summed E-state index contributed by atoms with van der Waals surface area (Å²) < 4.78 is 0. The number of aryl methyl sites for hydroxylation is 3. The highest BCUT2D eigenvalue weighted by molar-refractivity contribution is 6.08. The zero-order valence-corrected chi connectivity index (χ0v) is 15.7. The second-order valence-corrected chi connectivity index (χ2v) is 7.29. The average Bonchev–Trinajstić information content (AvgIpc) is 2.66. The fourth-order valence-corrected chi connectivity index (χ4v) is 3.48. The molecule has 0 bridgehead atoms. The molecule has 1 unspecified atom stereocenters. The first-order valence-electron chi connectivity index (χ1n) is 9.30. The van der Waals surface area contributed by atoms with Crippen LogP contribution in [-0.4, -0.2) is 9.97 Å². The molecule has 4 N–H and O–H groups in total. The van der Waals surface area contributed by atoms with E-state index >= 15 is 0 Å². The van der Waals surface area contributed by atoms with Crippen LogP contribution in [0.25, 0.3) is 21.8 Å². The van der Waals surface area contributed by atoms with Crippen LogP contribution in [0.15, 0.2) is 54.7 Å². The van der Waals surface area contributed by atoms with Gasteiger partial charge in [-0.25, -0.2) is 4.98 Å². The predicted octanol–water partition coefficient (Wildman–Crippen LogP) is 4.48. The Kier molecular flexibility index (Phi) is 4.50. The van der Waals surface area contributed by atoms with Crippen LogP contribution < -0.4 is 11.5 Å². The molecule has 136 valence electrons. The standard InChI is InChI=1S/C23H24N4/c1-14-3-10-19-20-12-17(13-26-22(20)23(25)27-21(19)11-14)5-4-16-6-8-18(9-7-16)15(2)24/h3,6-13,15H,4-5,24H2,1-2H3,(H2,25,27). The first-order valence-corrected chi connectivity index (χ1v) is 9.30. The number of nitrogens with zero attached hydrogens (tertiary/aromatic N) is 2. The Labute approximate surface area is 159 Å². The summed E-state index contributed by atoms with van der Waals surface area (Å²) in [7, 11) is 0. The highest BCUT2D eigenvalue weighted by atomic mass is 14.9. The van der Waals surface area contributed by atoms with Gasteiger partial charge in [0.2, 0.25) is 0 Å². The summed E-state index contributed by atoms with van der Waals surface area (Å²) in [5.41, 5.74) is 18.6.